The molecule has 0 saturated heterocycles. The third kappa shape index (κ3) is 5.29. The van der Waals surface area contributed by atoms with Crippen LogP contribution in [0.25, 0.3) is 0 Å². The molecule has 0 heterocycles. The largest absolute Gasteiger partial charge is 0.493 e. The average Bonchev–Trinajstić information content (AvgIpc) is 2.50. The first-order chi connectivity index (χ1) is 11.0. The minimum absolute atomic E-state index is 0.0391. The molecule has 0 radical (unpaired) electrons. The van der Waals surface area contributed by atoms with E-state index in [0.717, 1.165) is 22.4 Å². The summed E-state index contributed by atoms with van der Waals surface area (Å²) in [6, 6.07) is 13.5. The first-order valence-corrected chi connectivity index (χ1v) is 8.08. The number of benzene rings is 2. The Morgan fingerprint density at radius 1 is 1.22 bits per heavy atom. The number of carbonyl (C=O) groups is 1. The smallest absolute Gasteiger partial charge is 0.223 e. The van der Waals surface area contributed by atoms with E-state index in [9.17, 15) is 4.79 Å². The molecule has 0 aromatic heterocycles. The number of rotatable bonds is 6. The van der Waals surface area contributed by atoms with Gasteiger partial charge in [0.25, 0.3) is 0 Å². The molecule has 4 heteroatoms. The second-order valence-electron chi connectivity index (χ2n) is 5.71. The van der Waals surface area contributed by atoms with Crippen molar-refractivity contribution in [2.24, 2.45) is 0 Å². The van der Waals surface area contributed by atoms with Crippen LogP contribution in [0.15, 0.2) is 42.5 Å². The lowest BCUT2D eigenvalue weighted by Gasteiger charge is -2.15. The number of halogens is 1. The van der Waals surface area contributed by atoms with Crippen molar-refractivity contribution >= 4 is 17.5 Å². The maximum Gasteiger partial charge on any atom is 0.223 e. The lowest BCUT2D eigenvalue weighted by Crippen LogP contribution is -2.27. The molecule has 0 saturated carbocycles. The summed E-state index contributed by atoms with van der Waals surface area (Å²) in [6.45, 7) is 6.31. The van der Waals surface area contributed by atoms with Crippen LogP contribution in [0.3, 0.4) is 0 Å². The molecule has 0 unspecified atom stereocenters. The van der Waals surface area contributed by atoms with E-state index in [2.05, 4.69) is 5.32 Å². The summed E-state index contributed by atoms with van der Waals surface area (Å²) in [7, 11) is 0. The predicted octanol–water partition coefficient (Wildman–Crippen LogP) is 4.60. The number of aryl methyl sites for hydroxylation is 2. The molecule has 0 fully saturated rings. The molecule has 2 rings (SSSR count). The van der Waals surface area contributed by atoms with E-state index in [1.807, 2.05) is 63.2 Å². The Hall–Kier alpha value is -2.00. The van der Waals surface area contributed by atoms with E-state index in [-0.39, 0.29) is 11.9 Å². The summed E-state index contributed by atoms with van der Waals surface area (Å²) in [5, 5.41) is 3.63. The molecule has 122 valence electrons. The first kappa shape index (κ1) is 17.4. The zero-order valence-electron chi connectivity index (χ0n) is 13.7. The van der Waals surface area contributed by atoms with Crippen LogP contribution < -0.4 is 10.1 Å². The second-order valence-corrected chi connectivity index (χ2v) is 6.15. The third-order valence-electron chi connectivity index (χ3n) is 3.66. The van der Waals surface area contributed by atoms with Gasteiger partial charge < -0.3 is 10.1 Å². The topological polar surface area (TPSA) is 38.3 Å². The molecule has 1 amide bonds. The van der Waals surface area contributed by atoms with Crippen LogP contribution in [0.2, 0.25) is 5.02 Å². The van der Waals surface area contributed by atoms with Crippen LogP contribution in [-0.2, 0) is 4.79 Å². The Balaban J connectivity index is 1.82. The van der Waals surface area contributed by atoms with Gasteiger partial charge >= 0.3 is 0 Å². The molecular weight excluding hydrogens is 310 g/mol. The summed E-state index contributed by atoms with van der Waals surface area (Å²) in [5.41, 5.74) is 3.20. The molecule has 0 aliphatic rings. The molecule has 2 aromatic carbocycles. The van der Waals surface area contributed by atoms with Crippen LogP contribution in [0.1, 0.15) is 36.1 Å². The highest BCUT2D eigenvalue weighted by Crippen LogP contribution is 2.20. The Kier molecular flexibility index (Phi) is 6.05. The standard InChI is InChI=1S/C19H22ClNO2/c1-13-7-8-14(2)18(11-13)23-10-9-19(22)21-15(3)16-5-4-6-17(20)12-16/h4-8,11-12,15H,9-10H2,1-3H3,(H,21,22)/t15-/m0/s1. The highest BCUT2D eigenvalue weighted by atomic mass is 35.5. The fraction of sp³-hybridized carbons (Fsp3) is 0.316. The molecule has 0 aliphatic carbocycles. The van der Waals surface area contributed by atoms with E-state index in [0.29, 0.717) is 18.1 Å². The number of hydrogen-bond donors (Lipinski definition) is 1. The molecule has 0 bridgehead atoms. The zero-order chi connectivity index (χ0) is 16.8. The summed E-state index contributed by atoms with van der Waals surface area (Å²) in [5.74, 6) is 0.795. The fourth-order valence-electron chi connectivity index (χ4n) is 2.29. The van der Waals surface area contributed by atoms with Gasteiger partial charge in [-0.1, -0.05) is 35.9 Å². The fourth-order valence-corrected chi connectivity index (χ4v) is 2.49. The Morgan fingerprint density at radius 3 is 2.74 bits per heavy atom. The quantitative estimate of drug-likeness (QED) is 0.839. The van der Waals surface area contributed by atoms with Gasteiger partial charge in [0.15, 0.2) is 0 Å². The van der Waals surface area contributed by atoms with E-state index in [1.165, 1.54) is 0 Å². The van der Waals surface area contributed by atoms with Crippen molar-refractivity contribution in [3.05, 3.63) is 64.2 Å². The maximum atomic E-state index is 12.0. The van der Waals surface area contributed by atoms with Gasteiger partial charge in [0.1, 0.15) is 5.75 Å². The van der Waals surface area contributed by atoms with Crippen LogP contribution >= 0.6 is 11.6 Å². The number of carbonyl (C=O) groups excluding carboxylic acids is 1. The van der Waals surface area contributed by atoms with E-state index < -0.39 is 0 Å². The number of amides is 1. The van der Waals surface area contributed by atoms with E-state index in [1.54, 1.807) is 0 Å². The molecule has 1 atom stereocenters. The normalized spacial score (nSPS) is 11.8. The van der Waals surface area contributed by atoms with Gasteiger partial charge in [0.2, 0.25) is 5.91 Å². The monoisotopic (exact) mass is 331 g/mol. The maximum absolute atomic E-state index is 12.0. The highest BCUT2D eigenvalue weighted by molar-refractivity contribution is 6.30. The third-order valence-corrected chi connectivity index (χ3v) is 3.89. The minimum atomic E-state index is -0.0816. The summed E-state index contributed by atoms with van der Waals surface area (Å²) < 4.78 is 5.71. The van der Waals surface area contributed by atoms with Gasteiger partial charge in [-0.25, -0.2) is 0 Å². The van der Waals surface area contributed by atoms with Crippen LogP contribution in [0.5, 0.6) is 5.75 Å². The van der Waals surface area contributed by atoms with Gasteiger partial charge in [0.05, 0.1) is 19.1 Å². The Bertz CT molecular complexity index is 685. The van der Waals surface area contributed by atoms with E-state index in [4.69, 9.17) is 16.3 Å². The van der Waals surface area contributed by atoms with Crippen molar-refractivity contribution in [2.75, 3.05) is 6.61 Å². The summed E-state index contributed by atoms with van der Waals surface area (Å²) in [4.78, 5) is 12.0. The Morgan fingerprint density at radius 2 is 2.00 bits per heavy atom. The van der Waals surface area contributed by atoms with Gasteiger partial charge in [-0.05, 0) is 55.7 Å². The SMILES string of the molecule is Cc1ccc(C)c(OCCC(=O)N[C@@H](C)c2cccc(Cl)c2)c1. The molecule has 23 heavy (non-hydrogen) atoms. The van der Waals surface area contributed by atoms with Crippen LogP contribution in [-0.4, -0.2) is 12.5 Å². The first-order valence-electron chi connectivity index (χ1n) is 7.70. The summed E-state index contributed by atoms with van der Waals surface area (Å²) >= 11 is 5.97. The lowest BCUT2D eigenvalue weighted by molar-refractivity contribution is -0.122. The predicted molar refractivity (Wildman–Crippen MR) is 94.0 cm³/mol. The Labute approximate surface area is 142 Å². The van der Waals surface area contributed by atoms with Gasteiger partial charge in [-0.15, -0.1) is 0 Å². The van der Waals surface area contributed by atoms with Crippen molar-refractivity contribution in [3.8, 4) is 5.75 Å². The minimum Gasteiger partial charge on any atom is -0.493 e. The van der Waals surface area contributed by atoms with Crippen LogP contribution in [0, 0.1) is 13.8 Å². The van der Waals surface area contributed by atoms with Crippen molar-refractivity contribution in [2.45, 2.75) is 33.2 Å². The van der Waals surface area contributed by atoms with Crippen molar-refractivity contribution in [1.29, 1.82) is 0 Å². The highest BCUT2D eigenvalue weighted by Gasteiger charge is 2.10. The molecule has 0 aliphatic heterocycles. The van der Waals surface area contributed by atoms with Crippen molar-refractivity contribution in [1.82, 2.24) is 5.32 Å². The number of ether oxygens (including phenoxy) is 1. The lowest BCUT2D eigenvalue weighted by atomic mass is 10.1. The van der Waals surface area contributed by atoms with Crippen molar-refractivity contribution < 1.29 is 9.53 Å². The van der Waals surface area contributed by atoms with Gasteiger partial charge in [-0.3, -0.25) is 4.79 Å². The summed E-state index contributed by atoms with van der Waals surface area (Å²) in [6.07, 6.45) is 0.318. The van der Waals surface area contributed by atoms with E-state index >= 15 is 0 Å². The number of hydrogen-bond acceptors (Lipinski definition) is 2. The van der Waals surface area contributed by atoms with Crippen LogP contribution in [0.4, 0.5) is 0 Å². The second kappa shape index (κ2) is 8.02. The van der Waals surface area contributed by atoms with Crippen molar-refractivity contribution in [3.63, 3.8) is 0 Å². The molecule has 0 spiro atoms. The molecular formula is C19H22ClNO2. The number of nitrogens with one attached hydrogen (secondary N) is 1. The average molecular weight is 332 g/mol. The zero-order valence-corrected chi connectivity index (χ0v) is 14.5. The molecule has 2 aromatic rings. The van der Waals surface area contributed by atoms with Gasteiger partial charge in [0, 0.05) is 5.02 Å². The molecule has 1 N–H and O–H groups in total. The molecule has 3 nitrogen and oxygen atoms in total. The van der Waals surface area contributed by atoms with Gasteiger partial charge in [-0.2, -0.15) is 0 Å².